The number of furan rings is 1. The molecule has 0 spiro atoms. The average Bonchev–Trinajstić information content (AvgIpc) is 2.89. The molecule has 25 heavy (non-hydrogen) atoms. The van der Waals surface area contributed by atoms with Gasteiger partial charge >= 0.3 is 0 Å². The van der Waals surface area contributed by atoms with E-state index in [0.717, 1.165) is 27.9 Å². The highest BCUT2D eigenvalue weighted by Gasteiger charge is 2.14. The maximum Gasteiger partial charge on any atom is 0.248 e. The quantitative estimate of drug-likeness (QED) is 0.633. The minimum absolute atomic E-state index is 0.221. The van der Waals surface area contributed by atoms with Crippen molar-refractivity contribution in [3.8, 4) is 5.75 Å². The number of anilines is 1. The number of aryl methyl sites for hydroxylation is 1. The molecule has 0 aliphatic rings. The van der Waals surface area contributed by atoms with Gasteiger partial charge in [-0.3, -0.25) is 4.79 Å². The molecule has 1 amide bonds. The molecule has 4 nitrogen and oxygen atoms in total. The van der Waals surface area contributed by atoms with Crippen molar-refractivity contribution < 1.29 is 13.9 Å². The van der Waals surface area contributed by atoms with E-state index in [4.69, 9.17) is 20.8 Å². The fourth-order valence-corrected chi connectivity index (χ4v) is 3.00. The van der Waals surface area contributed by atoms with Gasteiger partial charge in [0, 0.05) is 33.8 Å². The number of amides is 1. The van der Waals surface area contributed by atoms with Crippen molar-refractivity contribution >= 4 is 39.7 Å². The summed E-state index contributed by atoms with van der Waals surface area (Å²) in [6, 6.07) is 12.7. The van der Waals surface area contributed by atoms with Gasteiger partial charge in [0.2, 0.25) is 5.91 Å². The molecule has 1 aromatic heterocycles. The van der Waals surface area contributed by atoms with E-state index in [1.54, 1.807) is 25.3 Å². The molecule has 0 radical (unpaired) electrons. The summed E-state index contributed by atoms with van der Waals surface area (Å²) in [5.41, 5.74) is 3.11. The molecule has 0 fully saturated rings. The first-order valence-electron chi connectivity index (χ1n) is 7.80. The van der Waals surface area contributed by atoms with Gasteiger partial charge < -0.3 is 14.5 Å². The molecule has 0 atom stereocenters. The first-order chi connectivity index (χ1) is 12.0. The summed E-state index contributed by atoms with van der Waals surface area (Å²) < 4.78 is 10.9. The normalized spacial score (nSPS) is 11.6. The number of fused-ring (bicyclic) bond motifs is 1. The van der Waals surface area contributed by atoms with Crippen LogP contribution >= 0.6 is 11.6 Å². The lowest BCUT2D eigenvalue weighted by Gasteiger charge is -2.06. The van der Waals surface area contributed by atoms with E-state index in [0.29, 0.717) is 16.5 Å². The van der Waals surface area contributed by atoms with Crippen LogP contribution in [-0.4, -0.2) is 13.0 Å². The van der Waals surface area contributed by atoms with Gasteiger partial charge in [0.05, 0.1) is 7.11 Å². The maximum atomic E-state index is 12.3. The molecule has 3 aromatic rings. The van der Waals surface area contributed by atoms with Crippen LogP contribution in [0.1, 0.15) is 18.2 Å². The van der Waals surface area contributed by atoms with Crippen LogP contribution in [0.3, 0.4) is 0 Å². The molecular weight excluding hydrogens is 338 g/mol. The highest BCUT2D eigenvalue weighted by Crippen LogP contribution is 2.32. The Morgan fingerprint density at radius 1 is 1.24 bits per heavy atom. The summed E-state index contributed by atoms with van der Waals surface area (Å²) in [7, 11) is 1.59. The van der Waals surface area contributed by atoms with E-state index in [1.807, 2.05) is 44.2 Å². The van der Waals surface area contributed by atoms with E-state index < -0.39 is 0 Å². The summed E-state index contributed by atoms with van der Waals surface area (Å²) in [5.74, 6) is 1.21. The van der Waals surface area contributed by atoms with Crippen molar-refractivity contribution in [2.45, 2.75) is 13.8 Å². The fraction of sp³-hybridized carbons (Fsp3) is 0.150. The molecule has 0 saturated heterocycles. The van der Waals surface area contributed by atoms with Crippen LogP contribution in [0.4, 0.5) is 5.69 Å². The van der Waals surface area contributed by atoms with Gasteiger partial charge in [-0.1, -0.05) is 17.7 Å². The monoisotopic (exact) mass is 355 g/mol. The van der Waals surface area contributed by atoms with Gasteiger partial charge in [-0.2, -0.15) is 0 Å². The number of halogens is 1. The predicted octanol–water partition coefficient (Wildman–Crippen LogP) is 5.45. The third-order valence-corrected chi connectivity index (χ3v) is 4.14. The number of benzene rings is 2. The first kappa shape index (κ1) is 17.1. The molecule has 0 saturated carbocycles. The van der Waals surface area contributed by atoms with E-state index >= 15 is 0 Å². The molecule has 1 heterocycles. The average molecular weight is 356 g/mol. The molecular formula is C20H18ClNO3. The van der Waals surface area contributed by atoms with Crippen molar-refractivity contribution in [3.63, 3.8) is 0 Å². The summed E-state index contributed by atoms with van der Waals surface area (Å²) >= 11 is 6.09. The lowest BCUT2D eigenvalue weighted by molar-refractivity contribution is -0.111. The minimum Gasteiger partial charge on any atom is -0.497 e. The maximum absolute atomic E-state index is 12.3. The Balaban J connectivity index is 1.89. The Kier molecular flexibility index (Phi) is 4.81. The zero-order valence-corrected chi connectivity index (χ0v) is 15.0. The Labute approximate surface area is 151 Å². The Hall–Kier alpha value is -2.72. The third kappa shape index (κ3) is 3.69. The molecule has 0 unspecified atom stereocenters. The van der Waals surface area contributed by atoms with E-state index in [-0.39, 0.29) is 5.91 Å². The predicted molar refractivity (Wildman–Crippen MR) is 101 cm³/mol. The van der Waals surface area contributed by atoms with E-state index in [9.17, 15) is 4.79 Å². The summed E-state index contributed by atoms with van der Waals surface area (Å²) in [5, 5.41) is 4.36. The van der Waals surface area contributed by atoms with Crippen molar-refractivity contribution in [1.29, 1.82) is 0 Å². The Morgan fingerprint density at radius 2 is 2.04 bits per heavy atom. The zero-order chi connectivity index (χ0) is 18.0. The minimum atomic E-state index is -0.221. The van der Waals surface area contributed by atoms with Crippen LogP contribution < -0.4 is 10.1 Å². The van der Waals surface area contributed by atoms with Gasteiger partial charge in [0.25, 0.3) is 0 Å². The van der Waals surface area contributed by atoms with Crippen LogP contribution in [0.15, 0.2) is 53.0 Å². The largest absolute Gasteiger partial charge is 0.497 e. The number of carbonyl (C=O) groups excluding carboxylic acids is 1. The molecule has 0 aliphatic carbocycles. The van der Waals surface area contributed by atoms with E-state index in [1.165, 1.54) is 0 Å². The van der Waals surface area contributed by atoms with Crippen LogP contribution in [0.25, 0.3) is 16.5 Å². The van der Waals surface area contributed by atoms with Gasteiger partial charge in [-0.15, -0.1) is 0 Å². The van der Waals surface area contributed by atoms with Gasteiger partial charge in [-0.05, 0) is 49.8 Å². The number of allylic oxidation sites excluding steroid dienone is 1. The summed E-state index contributed by atoms with van der Waals surface area (Å²) in [6.07, 6.45) is 1.55. The van der Waals surface area contributed by atoms with Crippen LogP contribution in [0.2, 0.25) is 5.02 Å². The molecule has 1 N–H and O–H groups in total. The second kappa shape index (κ2) is 7.03. The van der Waals surface area contributed by atoms with Crippen LogP contribution in [0, 0.1) is 6.92 Å². The van der Waals surface area contributed by atoms with E-state index in [2.05, 4.69) is 5.32 Å². The molecule has 0 bridgehead atoms. The Bertz CT molecular complexity index is 972. The SMILES string of the molecule is COc1cccc(NC(=O)/C=C(\C)c2c(C)oc3ccc(Cl)cc23)c1. The Morgan fingerprint density at radius 3 is 2.80 bits per heavy atom. The molecule has 128 valence electrons. The van der Waals surface area contributed by atoms with Crippen molar-refractivity contribution in [2.24, 2.45) is 0 Å². The summed E-state index contributed by atoms with van der Waals surface area (Å²) in [4.78, 5) is 12.3. The van der Waals surface area contributed by atoms with Gasteiger partial charge in [0.15, 0.2) is 0 Å². The van der Waals surface area contributed by atoms with Crippen molar-refractivity contribution in [3.05, 3.63) is 64.9 Å². The van der Waals surface area contributed by atoms with Crippen molar-refractivity contribution in [1.82, 2.24) is 0 Å². The molecule has 0 aliphatic heterocycles. The lowest BCUT2D eigenvalue weighted by Crippen LogP contribution is -2.08. The van der Waals surface area contributed by atoms with Crippen LogP contribution in [0.5, 0.6) is 5.75 Å². The number of nitrogens with one attached hydrogen (secondary N) is 1. The fourth-order valence-electron chi connectivity index (χ4n) is 2.83. The standard InChI is InChI=1S/C20H18ClNO3/c1-12(9-19(23)22-15-5-4-6-16(11-15)24-3)20-13(2)25-18-8-7-14(21)10-17(18)20/h4-11H,1-3H3,(H,22,23)/b12-9+. The number of rotatable bonds is 4. The summed E-state index contributed by atoms with van der Waals surface area (Å²) in [6.45, 7) is 3.75. The lowest BCUT2D eigenvalue weighted by atomic mass is 10.0. The number of hydrogen-bond acceptors (Lipinski definition) is 3. The smallest absolute Gasteiger partial charge is 0.248 e. The second-order valence-electron chi connectivity index (χ2n) is 5.72. The molecule has 3 rings (SSSR count). The zero-order valence-electron chi connectivity index (χ0n) is 14.2. The number of carbonyl (C=O) groups is 1. The second-order valence-corrected chi connectivity index (χ2v) is 6.16. The van der Waals surface area contributed by atoms with Crippen LogP contribution in [-0.2, 0) is 4.79 Å². The third-order valence-electron chi connectivity index (χ3n) is 3.91. The topological polar surface area (TPSA) is 51.5 Å². The van der Waals surface area contributed by atoms with Gasteiger partial charge in [-0.25, -0.2) is 0 Å². The molecule has 2 aromatic carbocycles. The van der Waals surface area contributed by atoms with Crippen molar-refractivity contribution in [2.75, 3.05) is 12.4 Å². The highest BCUT2D eigenvalue weighted by atomic mass is 35.5. The van der Waals surface area contributed by atoms with Gasteiger partial charge in [0.1, 0.15) is 17.1 Å². The highest BCUT2D eigenvalue weighted by molar-refractivity contribution is 6.31. The number of methoxy groups -OCH3 is 1. The number of hydrogen-bond donors (Lipinski definition) is 1. The molecule has 5 heteroatoms. The first-order valence-corrected chi connectivity index (χ1v) is 8.18. The number of ether oxygens (including phenoxy) is 1.